The number of halogens is 6. The van der Waals surface area contributed by atoms with Crippen LogP contribution in [0.15, 0.2) is 16.5 Å². The maximum absolute atomic E-state index is 10.6. The largest absolute Gasteiger partial charge is 0.490 e. The molecule has 3 heterocycles. The lowest BCUT2D eigenvalue weighted by atomic mass is 10.1. The van der Waals surface area contributed by atoms with Crippen molar-refractivity contribution in [1.82, 2.24) is 9.80 Å². The highest BCUT2D eigenvalue weighted by molar-refractivity contribution is 5.73. The molecule has 2 atom stereocenters. The zero-order chi connectivity index (χ0) is 25.6. The normalized spacial score (nSPS) is 21.2. The van der Waals surface area contributed by atoms with E-state index in [-0.39, 0.29) is 0 Å². The number of hydrogen-bond acceptors (Lipinski definition) is 5. The Labute approximate surface area is 186 Å². The van der Waals surface area contributed by atoms with Crippen molar-refractivity contribution in [1.29, 1.82) is 0 Å². The van der Waals surface area contributed by atoms with Crippen LogP contribution in [0, 0.1) is 12.8 Å². The zero-order valence-corrected chi connectivity index (χ0v) is 18.4. The lowest BCUT2D eigenvalue weighted by Gasteiger charge is -2.26. The van der Waals surface area contributed by atoms with Crippen molar-refractivity contribution in [3.63, 3.8) is 0 Å². The minimum atomic E-state index is -5.08. The van der Waals surface area contributed by atoms with Crippen LogP contribution in [-0.2, 0) is 16.1 Å². The van der Waals surface area contributed by atoms with Crippen molar-refractivity contribution in [2.45, 2.75) is 64.6 Å². The van der Waals surface area contributed by atoms with Gasteiger partial charge in [0.25, 0.3) is 0 Å². The minimum Gasteiger partial charge on any atom is -0.475 e. The van der Waals surface area contributed by atoms with Crippen LogP contribution in [-0.4, -0.2) is 76.0 Å². The summed E-state index contributed by atoms with van der Waals surface area (Å²) in [5.41, 5.74) is 0. The van der Waals surface area contributed by atoms with Gasteiger partial charge >= 0.3 is 24.3 Å². The van der Waals surface area contributed by atoms with Crippen LogP contribution < -0.4 is 0 Å². The van der Waals surface area contributed by atoms with Gasteiger partial charge in [0.1, 0.15) is 11.5 Å². The van der Waals surface area contributed by atoms with Gasteiger partial charge in [-0.25, -0.2) is 9.59 Å². The Hall–Kier alpha value is -2.28. The summed E-state index contributed by atoms with van der Waals surface area (Å²) in [5, 5.41) is 14.2. The number of carboxylic acid groups (broad SMARTS) is 2. The standard InChI is InChI=1S/C16H26N2O.2C2HF3O2/c1-12(2)10-17-8-6-16-15(17)7-9-18(16)11-14-5-4-13(3)19-14;2*3-2(4,5)1(6)7/h4-5,12,15-16H,6-11H2,1-3H3;2*(H,6,7)/t15-,16+;;/m0../s1. The summed E-state index contributed by atoms with van der Waals surface area (Å²) in [7, 11) is 0. The van der Waals surface area contributed by atoms with Crippen LogP contribution in [0.5, 0.6) is 0 Å². The second-order valence-corrected chi connectivity index (χ2v) is 8.19. The van der Waals surface area contributed by atoms with E-state index >= 15 is 0 Å². The van der Waals surface area contributed by atoms with Crippen LogP contribution in [0.2, 0.25) is 0 Å². The average molecular weight is 490 g/mol. The van der Waals surface area contributed by atoms with Crippen LogP contribution >= 0.6 is 0 Å². The molecule has 2 fully saturated rings. The van der Waals surface area contributed by atoms with Crippen molar-refractivity contribution in [3.8, 4) is 0 Å². The van der Waals surface area contributed by atoms with Crippen molar-refractivity contribution in [2.24, 2.45) is 5.92 Å². The second-order valence-electron chi connectivity index (χ2n) is 8.19. The Balaban J connectivity index is 0.000000324. The molecular formula is C20H28F6N2O5. The van der Waals surface area contributed by atoms with Crippen molar-refractivity contribution in [3.05, 3.63) is 23.7 Å². The summed E-state index contributed by atoms with van der Waals surface area (Å²) in [5.74, 6) is -2.58. The fraction of sp³-hybridized carbons (Fsp3) is 0.700. The van der Waals surface area contributed by atoms with E-state index < -0.39 is 24.3 Å². The molecule has 7 nitrogen and oxygen atoms in total. The fourth-order valence-electron chi connectivity index (χ4n) is 3.83. The summed E-state index contributed by atoms with van der Waals surface area (Å²) < 4.78 is 69.2. The first-order valence-electron chi connectivity index (χ1n) is 10.2. The molecule has 190 valence electrons. The van der Waals surface area contributed by atoms with Gasteiger partial charge in [0.2, 0.25) is 0 Å². The minimum absolute atomic E-state index is 0.754. The third kappa shape index (κ3) is 9.62. The number of aliphatic carboxylic acids is 2. The van der Waals surface area contributed by atoms with E-state index in [1.165, 1.54) is 32.5 Å². The molecule has 1 aromatic rings. The topological polar surface area (TPSA) is 94.2 Å². The maximum atomic E-state index is 10.6. The first-order chi connectivity index (χ1) is 15.0. The van der Waals surface area contributed by atoms with Crippen LogP contribution in [0.25, 0.3) is 0 Å². The van der Waals surface area contributed by atoms with E-state index in [2.05, 4.69) is 35.8 Å². The number of furan rings is 1. The Bertz CT molecular complexity index is 754. The zero-order valence-electron chi connectivity index (χ0n) is 18.4. The summed E-state index contributed by atoms with van der Waals surface area (Å²) in [4.78, 5) is 23.1. The lowest BCUT2D eigenvalue weighted by Crippen LogP contribution is -2.37. The molecule has 2 N–H and O–H groups in total. The molecule has 0 spiro atoms. The second kappa shape index (κ2) is 11.7. The lowest BCUT2D eigenvalue weighted by molar-refractivity contribution is -0.193. The highest BCUT2D eigenvalue weighted by Crippen LogP contribution is 2.33. The molecule has 0 unspecified atom stereocenters. The number of aryl methyl sites for hydroxylation is 1. The SMILES string of the molecule is Cc1ccc(CN2CC[C@H]3[C@H]2CCN3CC(C)C)o1.O=C(O)C(F)(F)F.O=C(O)C(F)(F)F. The van der Waals surface area contributed by atoms with Crippen LogP contribution in [0.4, 0.5) is 26.3 Å². The Morgan fingerprint density at radius 2 is 1.39 bits per heavy atom. The predicted molar refractivity (Wildman–Crippen MR) is 104 cm³/mol. The van der Waals surface area contributed by atoms with Gasteiger partial charge in [-0.2, -0.15) is 26.3 Å². The Morgan fingerprint density at radius 3 is 1.76 bits per heavy atom. The fourth-order valence-corrected chi connectivity index (χ4v) is 3.83. The van der Waals surface area contributed by atoms with E-state index in [1.807, 2.05) is 6.92 Å². The molecular weight excluding hydrogens is 462 g/mol. The van der Waals surface area contributed by atoms with Gasteiger partial charge in [-0.3, -0.25) is 9.80 Å². The highest BCUT2D eigenvalue weighted by Gasteiger charge is 2.42. The van der Waals surface area contributed by atoms with Gasteiger partial charge in [0.05, 0.1) is 6.54 Å². The molecule has 0 amide bonds. The monoisotopic (exact) mass is 490 g/mol. The van der Waals surface area contributed by atoms with Gasteiger partial charge < -0.3 is 14.6 Å². The number of carboxylic acids is 2. The van der Waals surface area contributed by atoms with Crippen LogP contribution in [0.1, 0.15) is 38.2 Å². The summed E-state index contributed by atoms with van der Waals surface area (Å²) >= 11 is 0. The van der Waals surface area contributed by atoms with Gasteiger partial charge in [0, 0.05) is 31.7 Å². The summed E-state index contributed by atoms with van der Waals surface area (Å²) in [6.45, 7) is 11.4. The van der Waals surface area contributed by atoms with Gasteiger partial charge in [0.15, 0.2) is 0 Å². The quantitative estimate of drug-likeness (QED) is 0.613. The summed E-state index contributed by atoms with van der Waals surface area (Å²) in [6.07, 6.45) is -7.51. The molecule has 0 bridgehead atoms. The number of alkyl halides is 6. The van der Waals surface area contributed by atoms with E-state index in [1.54, 1.807) is 0 Å². The first-order valence-corrected chi connectivity index (χ1v) is 10.2. The molecule has 0 radical (unpaired) electrons. The predicted octanol–water partition coefficient (Wildman–Crippen LogP) is 4.16. The van der Waals surface area contributed by atoms with Crippen molar-refractivity contribution in [2.75, 3.05) is 19.6 Å². The molecule has 0 aliphatic carbocycles. The molecule has 2 aliphatic heterocycles. The van der Waals surface area contributed by atoms with E-state index in [4.69, 9.17) is 24.2 Å². The molecule has 2 saturated heterocycles. The number of hydrogen-bond donors (Lipinski definition) is 2. The van der Waals surface area contributed by atoms with E-state index in [9.17, 15) is 26.3 Å². The third-order valence-corrected chi connectivity index (χ3v) is 5.05. The summed E-state index contributed by atoms with van der Waals surface area (Å²) in [6, 6.07) is 5.74. The Morgan fingerprint density at radius 1 is 0.970 bits per heavy atom. The van der Waals surface area contributed by atoms with E-state index in [0.29, 0.717) is 0 Å². The first kappa shape index (κ1) is 28.8. The van der Waals surface area contributed by atoms with Gasteiger partial charge in [-0.1, -0.05) is 13.8 Å². The van der Waals surface area contributed by atoms with Gasteiger partial charge in [-0.15, -0.1) is 0 Å². The van der Waals surface area contributed by atoms with Crippen LogP contribution in [0.3, 0.4) is 0 Å². The third-order valence-electron chi connectivity index (χ3n) is 5.05. The molecule has 0 saturated carbocycles. The molecule has 0 aromatic carbocycles. The smallest absolute Gasteiger partial charge is 0.475 e. The van der Waals surface area contributed by atoms with Crippen molar-refractivity contribution >= 4 is 11.9 Å². The highest BCUT2D eigenvalue weighted by atomic mass is 19.4. The van der Waals surface area contributed by atoms with Crippen molar-refractivity contribution < 1.29 is 50.6 Å². The average Bonchev–Trinajstić information content (AvgIpc) is 3.34. The Kier molecular flexibility index (Phi) is 10.2. The number of nitrogens with zero attached hydrogens (tertiary/aromatic N) is 2. The van der Waals surface area contributed by atoms with E-state index in [0.717, 1.165) is 36.1 Å². The molecule has 33 heavy (non-hydrogen) atoms. The van der Waals surface area contributed by atoms with Gasteiger partial charge in [-0.05, 0) is 37.8 Å². The maximum Gasteiger partial charge on any atom is 0.490 e. The number of likely N-dealkylation sites (tertiary alicyclic amines) is 2. The molecule has 2 aliphatic rings. The number of fused-ring (bicyclic) bond motifs is 1. The molecule has 3 rings (SSSR count). The molecule has 13 heteroatoms. The number of carbonyl (C=O) groups is 2. The molecule has 1 aromatic heterocycles. The number of rotatable bonds is 4.